The Kier molecular flexibility index (Phi) is 7.15. The Labute approximate surface area is 200 Å². The minimum atomic E-state index is -2.00. The number of allylic oxidation sites excluding steroid dienone is 1. The Morgan fingerprint density at radius 1 is 1.12 bits per heavy atom. The van der Waals surface area contributed by atoms with Gasteiger partial charge in [0.1, 0.15) is 0 Å². The van der Waals surface area contributed by atoms with Gasteiger partial charge in [-0.2, -0.15) is 0 Å². The molecule has 0 saturated carbocycles. The van der Waals surface area contributed by atoms with Crippen LogP contribution in [0.4, 0.5) is 4.79 Å². The van der Waals surface area contributed by atoms with Crippen LogP contribution < -0.4 is 0 Å². The molecule has 0 aromatic heterocycles. The first-order valence-electron chi connectivity index (χ1n) is 11.9. The maximum Gasteiger partial charge on any atom is 0.327 e. The van der Waals surface area contributed by atoms with Crippen molar-refractivity contribution in [3.63, 3.8) is 0 Å². The molecule has 1 saturated heterocycles. The highest BCUT2D eigenvalue weighted by Gasteiger charge is 2.50. The summed E-state index contributed by atoms with van der Waals surface area (Å²) in [6.07, 6.45) is 2.19. The molecule has 7 heteroatoms. The average Bonchev–Trinajstić information content (AvgIpc) is 2.96. The summed E-state index contributed by atoms with van der Waals surface area (Å²) < 4.78 is 12.4. The van der Waals surface area contributed by atoms with Crippen molar-refractivity contribution in [1.29, 1.82) is 0 Å². The Morgan fingerprint density at radius 2 is 1.73 bits per heavy atom. The number of carbonyl (C=O) groups excluding carboxylic acids is 2. The summed E-state index contributed by atoms with van der Waals surface area (Å²) in [4.78, 5) is 30.3. The number of rotatable bonds is 5. The molecule has 1 aromatic carbocycles. The zero-order valence-electron chi connectivity index (χ0n) is 21.6. The number of likely N-dealkylation sites (N-methyl/N-ethyl adjacent to an activating group) is 1. The molecule has 1 fully saturated rings. The number of amides is 3. The lowest BCUT2D eigenvalue weighted by Crippen LogP contribution is -2.48. The standard InChI is InChI=1S/C26H40N2O4Si/c1-17-15-20(32-33(8,9)26(3,4)5)16-21(31-7)22(17)24(29)28-23(18(2)27(6)25(28)30)19-13-11-10-12-14-19/h10-14,16-18,21-23H,15H2,1-9H3/t17-,18+,21+,22+,23+/m1/s1. The van der Waals surface area contributed by atoms with Gasteiger partial charge in [0, 0.05) is 20.6 Å². The molecule has 3 rings (SSSR count). The second-order valence-corrected chi connectivity index (χ2v) is 15.8. The lowest BCUT2D eigenvalue weighted by atomic mass is 9.80. The number of ether oxygens (including phenoxy) is 1. The molecular weight excluding hydrogens is 432 g/mol. The van der Waals surface area contributed by atoms with Crippen molar-refractivity contribution in [2.45, 2.75) is 77.4 Å². The Bertz CT molecular complexity index is 909. The minimum absolute atomic E-state index is 0.0161. The van der Waals surface area contributed by atoms with Gasteiger partial charge < -0.3 is 14.1 Å². The molecule has 182 valence electrons. The molecule has 6 nitrogen and oxygen atoms in total. The van der Waals surface area contributed by atoms with Crippen LogP contribution in [0, 0.1) is 11.8 Å². The molecule has 0 N–H and O–H groups in total. The van der Waals surface area contributed by atoms with E-state index < -0.39 is 20.3 Å². The second-order valence-electron chi connectivity index (χ2n) is 11.1. The van der Waals surface area contributed by atoms with Crippen LogP contribution in [0.1, 0.15) is 52.6 Å². The lowest BCUT2D eigenvalue weighted by Gasteiger charge is -2.41. The van der Waals surface area contributed by atoms with Crippen molar-refractivity contribution in [3.05, 3.63) is 47.7 Å². The van der Waals surface area contributed by atoms with Crippen LogP contribution in [-0.2, 0) is 14.0 Å². The van der Waals surface area contributed by atoms with E-state index in [1.165, 1.54) is 4.90 Å². The van der Waals surface area contributed by atoms with Crippen LogP contribution >= 0.6 is 0 Å². The first kappa shape index (κ1) is 25.5. The normalized spacial score (nSPS) is 28.7. The molecule has 3 amide bonds. The predicted molar refractivity (Wildman–Crippen MR) is 133 cm³/mol. The maximum absolute atomic E-state index is 14.0. The van der Waals surface area contributed by atoms with Gasteiger partial charge in [-0.3, -0.25) is 9.69 Å². The minimum Gasteiger partial charge on any atom is -0.547 e. The molecular formula is C26H40N2O4Si. The second kappa shape index (κ2) is 9.26. The zero-order chi connectivity index (χ0) is 24.7. The van der Waals surface area contributed by atoms with Crippen LogP contribution in [-0.4, -0.2) is 56.4 Å². The molecule has 0 unspecified atom stereocenters. The largest absolute Gasteiger partial charge is 0.547 e. The number of imide groups is 1. The number of hydrogen-bond acceptors (Lipinski definition) is 4. The first-order chi connectivity index (χ1) is 15.3. The van der Waals surface area contributed by atoms with Crippen LogP contribution in [0.25, 0.3) is 0 Å². The van der Waals surface area contributed by atoms with E-state index in [2.05, 4.69) is 40.8 Å². The third kappa shape index (κ3) is 4.76. The third-order valence-corrected chi connectivity index (χ3v) is 12.2. The van der Waals surface area contributed by atoms with E-state index in [-0.39, 0.29) is 35.0 Å². The van der Waals surface area contributed by atoms with Gasteiger partial charge in [-0.25, -0.2) is 4.79 Å². The SMILES string of the molecule is CO[C@H]1C=C(O[Si](C)(C)C(C)(C)C)C[C@@H](C)[C@@H]1C(=O)N1C(=O)N(C)[C@@H](C)[C@H]1c1ccccc1. The zero-order valence-corrected chi connectivity index (χ0v) is 22.6. The monoisotopic (exact) mass is 472 g/mol. The number of nitrogens with zero attached hydrogens (tertiary/aromatic N) is 2. The van der Waals surface area contributed by atoms with E-state index >= 15 is 0 Å². The quantitative estimate of drug-likeness (QED) is 0.524. The number of hydrogen-bond donors (Lipinski definition) is 0. The molecule has 5 atom stereocenters. The van der Waals surface area contributed by atoms with Crippen molar-refractivity contribution in [1.82, 2.24) is 9.80 Å². The van der Waals surface area contributed by atoms with Crippen molar-refractivity contribution < 1.29 is 18.8 Å². The highest BCUT2D eigenvalue weighted by molar-refractivity contribution is 6.74. The third-order valence-electron chi connectivity index (χ3n) is 7.82. The molecule has 33 heavy (non-hydrogen) atoms. The van der Waals surface area contributed by atoms with Crippen molar-refractivity contribution >= 4 is 20.3 Å². The van der Waals surface area contributed by atoms with Crippen molar-refractivity contribution in [2.75, 3.05) is 14.2 Å². The molecule has 1 aromatic rings. The highest BCUT2D eigenvalue weighted by atomic mass is 28.4. The van der Waals surface area contributed by atoms with E-state index in [1.54, 1.807) is 19.1 Å². The van der Waals surface area contributed by atoms with Crippen LogP contribution in [0.15, 0.2) is 42.2 Å². The van der Waals surface area contributed by atoms with Gasteiger partial charge in [0.15, 0.2) is 0 Å². The van der Waals surface area contributed by atoms with E-state index in [0.29, 0.717) is 6.42 Å². The van der Waals surface area contributed by atoms with Gasteiger partial charge in [0.05, 0.1) is 29.9 Å². The summed E-state index contributed by atoms with van der Waals surface area (Å²) >= 11 is 0. The summed E-state index contributed by atoms with van der Waals surface area (Å²) in [5, 5.41) is 0.0813. The molecule has 0 bridgehead atoms. The number of methoxy groups -OCH3 is 1. The number of carbonyl (C=O) groups is 2. The van der Waals surface area contributed by atoms with Gasteiger partial charge in [-0.05, 0) is 42.6 Å². The maximum atomic E-state index is 14.0. The fourth-order valence-electron chi connectivity index (χ4n) is 4.64. The van der Waals surface area contributed by atoms with E-state index in [1.807, 2.05) is 43.3 Å². The van der Waals surface area contributed by atoms with Gasteiger partial charge >= 0.3 is 6.03 Å². The van der Waals surface area contributed by atoms with Crippen LogP contribution in [0.5, 0.6) is 0 Å². The van der Waals surface area contributed by atoms with Crippen molar-refractivity contribution in [3.8, 4) is 0 Å². The fourth-order valence-corrected chi connectivity index (χ4v) is 5.75. The Hall–Kier alpha value is -2.12. The van der Waals surface area contributed by atoms with Crippen LogP contribution in [0.2, 0.25) is 18.1 Å². The van der Waals surface area contributed by atoms with Crippen molar-refractivity contribution in [2.24, 2.45) is 11.8 Å². The highest BCUT2D eigenvalue weighted by Crippen LogP contribution is 2.43. The smallest absolute Gasteiger partial charge is 0.327 e. The van der Waals surface area contributed by atoms with Gasteiger partial charge in [0.2, 0.25) is 14.2 Å². The summed E-state index contributed by atoms with van der Waals surface area (Å²) in [7, 11) is 1.38. The first-order valence-corrected chi connectivity index (χ1v) is 14.8. The van der Waals surface area contributed by atoms with E-state index in [0.717, 1.165) is 11.3 Å². The molecule has 1 aliphatic carbocycles. The topological polar surface area (TPSA) is 59.1 Å². The van der Waals surface area contributed by atoms with E-state index in [4.69, 9.17) is 9.16 Å². The average molecular weight is 473 g/mol. The predicted octanol–water partition coefficient (Wildman–Crippen LogP) is 5.59. The lowest BCUT2D eigenvalue weighted by molar-refractivity contribution is -0.140. The van der Waals surface area contributed by atoms with Gasteiger partial charge in [-0.15, -0.1) is 0 Å². The molecule has 2 aliphatic rings. The van der Waals surface area contributed by atoms with Gasteiger partial charge in [-0.1, -0.05) is 58.0 Å². The van der Waals surface area contributed by atoms with Gasteiger partial charge in [0.25, 0.3) is 0 Å². The fraction of sp³-hybridized carbons (Fsp3) is 0.615. The molecule has 0 radical (unpaired) electrons. The molecule has 1 heterocycles. The van der Waals surface area contributed by atoms with Crippen LogP contribution in [0.3, 0.4) is 0 Å². The number of urea groups is 1. The molecule has 1 aliphatic heterocycles. The van der Waals surface area contributed by atoms with E-state index in [9.17, 15) is 9.59 Å². The number of benzene rings is 1. The summed E-state index contributed by atoms with van der Waals surface area (Å²) in [5.74, 6) is 0.267. The Balaban J connectivity index is 1.92. The summed E-state index contributed by atoms with van der Waals surface area (Å²) in [5.41, 5.74) is 0.964. The summed E-state index contributed by atoms with van der Waals surface area (Å²) in [6.45, 7) is 15.1. The Morgan fingerprint density at radius 3 is 2.27 bits per heavy atom. The summed E-state index contributed by atoms with van der Waals surface area (Å²) in [6, 6.07) is 9.11. The molecule has 0 spiro atoms.